The second-order valence-corrected chi connectivity index (χ2v) is 8.52. The Hall–Kier alpha value is -3.23. The van der Waals surface area contributed by atoms with Crippen LogP contribution in [0, 0.1) is 0 Å². The summed E-state index contributed by atoms with van der Waals surface area (Å²) in [6.07, 6.45) is 1.88. The predicted molar refractivity (Wildman–Crippen MR) is 130 cm³/mol. The van der Waals surface area contributed by atoms with Crippen molar-refractivity contribution in [2.75, 3.05) is 18.5 Å². The molecule has 170 valence electrons. The van der Waals surface area contributed by atoms with Crippen LogP contribution in [-0.2, 0) is 14.3 Å². The SMILES string of the molecule is CCOC(=O)C1=C(C)N=C2SC=CN2[C@H]1c1ccccc1OCC(=O)Nc1cccc(Cl)c1. The average molecular weight is 484 g/mol. The smallest absolute Gasteiger partial charge is 0.338 e. The van der Waals surface area contributed by atoms with Crippen LogP contribution in [0.4, 0.5) is 5.69 Å². The number of carbonyl (C=O) groups is 2. The average Bonchev–Trinajstić information content (AvgIpc) is 3.25. The van der Waals surface area contributed by atoms with Gasteiger partial charge < -0.3 is 19.7 Å². The molecule has 1 N–H and O–H groups in total. The van der Waals surface area contributed by atoms with Crippen LogP contribution in [-0.4, -0.2) is 35.2 Å². The quantitative estimate of drug-likeness (QED) is 0.550. The van der Waals surface area contributed by atoms with Crippen LogP contribution in [0.15, 0.2) is 76.4 Å². The Morgan fingerprint density at radius 2 is 2.03 bits per heavy atom. The number of amides is 1. The van der Waals surface area contributed by atoms with Crippen molar-refractivity contribution >= 4 is 46.1 Å². The first kappa shape index (κ1) is 22.9. The van der Waals surface area contributed by atoms with Crippen molar-refractivity contribution in [3.05, 3.63) is 82.0 Å². The molecule has 2 heterocycles. The highest BCUT2D eigenvalue weighted by molar-refractivity contribution is 8.16. The topological polar surface area (TPSA) is 80.2 Å². The summed E-state index contributed by atoms with van der Waals surface area (Å²) in [4.78, 5) is 31.8. The number of halogens is 1. The van der Waals surface area contributed by atoms with Crippen molar-refractivity contribution in [3.8, 4) is 5.75 Å². The molecule has 0 aromatic heterocycles. The number of para-hydroxylation sites is 1. The number of allylic oxidation sites excluding steroid dienone is 1. The Balaban J connectivity index is 1.60. The van der Waals surface area contributed by atoms with Crippen molar-refractivity contribution in [1.82, 2.24) is 4.90 Å². The molecule has 4 rings (SSSR count). The van der Waals surface area contributed by atoms with Gasteiger partial charge in [0.2, 0.25) is 0 Å². The van der Waals surface area contributed by atoms with E-state index in [0.29, 0.717) is 27.7 Å². The monoisotopic (exact) mass is 483 g/mol. The van der Waals surface area contributed by atoms with Crippen LogP contribution in [0.5, 0.6) is 5.75 Å². The number of esters is 1. The van der Waals surface area contributed by atoms with E-state index in [1.54, 1.807) is 44.2 Å². The van der Waals surface area contributed by atoms with Crippen LogP contribution in [0.3, 0.4) is 0 Å². The number of benzene rings is 2. The molecule has 0 spiro atoms. The van der Waals surface area contributed by atoms with E-state index >= 15 is 0 Å². The minimum absolute atomic E-state index is 0.209. The predicted octanol–water partition coefficient (Wildman–Crippen LogP) is 5.13. The molecule has 0 radical (unpaired) electrons. The molecular formula is C24H22ClN3O4S. The van der Waals surface area contributed by atoms with Crippen LogP contribution in [0.2, 0.25) is 5.02 Å². The van der Waals surface area contributed by atoms with Crippen molar-refractivity contribution in [2.45, 2.75) is 19.9 Å². The first-order valence-electron chi connectivity index (χ1n) is 10.3. The molecule has 1 amide bonds. The maximum atomic E-state index is 12.9. The van der Waals surface area contributed by atoms with E-state index in [9.17, 15) is 9.59 Å². The van der Waals surface area contributed by atoms with Gasteiger partial charge in [-0.05, 0) is 43.5 Å². The minimum atomic E-state index is -0.491. The molecule has 0 saturated heterocycles. The molecule has 1 atom stereocenters. The Labute approximate surface area is 201 Å². The second kappa shape index (κ2) is 10.1. The number of aliphatic imine (C=N–C) groups is 1. The van der Waals surface area contributed by atoms with Gasteiger partial charge in [0.05, 0.1) is 23.9 Å². The van der Waals surface area contributed by atoms with Crippen molar-refractivity contribution in [2.24, 2.45) is 4.99 Å². The number of ether oxygens (including phenoxy) is 2. The third kappa shape index (κ3) is 5.07. The zero-order valence-corrected chi connectivity index (χ0v) is 19.7. The van der Waals surface area contributed by atoms with E-state index in [1.807, 2.05) is 34.7 Å². The Kier molecular flexibility index (Phi) is 7.05. The number of thioether (sulfide) groups is 1. The van der Waals surface area contributed by atoms with E-state index < -0.39 is 12.0 Å². The second-order valence-electron chi connectivity index (χ2n) is 7.21. The van der Waals surface area contributed by atoms with Crippen molar-refractivity contribution in [1.29, 1.82) is 0 Å². The number of carbonyl (C=O) groups excluding carboxylic acids is 2. The highest BCUT2D eigenvalue weighted by Gasteiger charge is 2.38. The molecule has 2 aromatic rings. The van der Waals surface area contributed by atoms with Gasteiger partial charge in [0.1, 0.15) is 5.75 Å². The third-order valence-electron chi connectivity index (χ3n) is 5.00. The summed E-state index contributed by atoms with van der Waals surface area (Å²) in [7, 11) is 0. The fourth-order valence-corrected chi connectivity index (χ4v) is 4.60. The highest BCUT2D eigenvalue weighted by atomic mass is 35.5. The zero-order valence-electron chi connectivity index (χ0n) is 18.1. The Morgan fingerprint density at radius 1 is 1.21 bits per heavy atom. The maximum absolute atomic E-state index is 12.9. The normalized spacial score (nSPS) is 16.9. The molecule has 2 aromatic carbocycles. The minimum Gasteiger partial charge on any atom is -0.483 e. The van der Waals surface area contributed by atoms with Gasteiger partial charge in [0.15, 0.2) is 11.8 Å². The third-order valence-corrected chi connectivity index (χ3v) is 6.00. The number of nitrogens with one attached hydrogen (secondary N) is 1. The molecule has 0 aliphatic carbocycles. The van der Waals surface area contributed by atoms with E-state index in [4.69, 9.17) is 21.1 Å². The molecule has 0 bridgehead atoms. The Morgan fingerprint density at radius 3 is 2.82 bits per heavy atom. The van der Waals surface area contributed by atoms with Crippen molar-refractivity contribution in [3.63, 3.8) is 0 Å². The summed E-state index contributed by atoms with van der Waals surface area (Å²) in [6, 6.07) is 13.7. The standard InChI is InChI=1S/C24H22ClN3O4S/c1-3-31-23(30)21-15(2)26-24-28(11-12-33-24)22(21)18-9-4-5-10-19(18)32-14-20(29)27-17-8-6-7-16(25)13-17/h4-13,22H,3,14H2,1-2H3,(H,27,29)/t22-/m0/s1. The molecule has 33 heavy (non-hydrogen) atoms. The largest absolute Gasteiger partial charge is 0.483 e. The summed E-state index contributed by atoms with van der Waals surface area (Å²) >= 11 is 7.46. The molecule has 0 unspecified atom stereocenters. The first-order chi connectivity index (χ1) is 16.0. The van der Waals surface area contributed by atoms with Crippen molar-refractivity contribution < 1.29 is 19.1 Å². The van der Waals surface area contributed by atoms with Crippen LogP contribution in [0.1, 0.15) is 25.5 Å². The van der Waals surface area contributed by atoms with Gasteiger partial charge in [-0.2, -0.15) is 0 Å². The zero-order chi connectivity index (χ0) is 23.4. The van der Waals surface area contributed by atoms with Gasteiger partial charge in [-0.25, -0.2) is 9.79 Å². The lowest BCUT2D eigenvalue weighted by Gasteiger charge is -2.34. The molecule has 2 aliphatic rings. The number of amidine groups is 1. The number of rotatable bonds is 7. The summed E-state index contributed by atoms with van der Waals surface area (Å²) in [5, 5.41) is 5.97. The highest BCUT2D eigenvalue weighted by Crippen LogP contribution is 2.43. The van der Waals surface area contributed by atoms with Gasteiger partial charge in [-0.1, -0.05) is 47.6 Å². The molecule has 7 nitrogen and oxygen atoms in total. The number of hydrogen-bond donors (Lipinski definition) is 1. The first-order valence-corrected chi connectivity index (χ1v) is 11.6. The lowest BCUT2D eigenvalue weighted by atomic mass is 9.94. The summed E-state index contributed by atoms with van der Waals surface area (Å²) in [5.74, 6) is -0.265. The summed E-state index contributed by atoms with van der Waals surface area (Å²) < 4.78 is 11.2. The molecule has 0 saturated carbocycles. The molecule has 2 aliphatic heterocycles. The number of nitrogens with zero attached hydrogens (tertiary/aromatic N) is 2. The van der Waals surface area contributed by atoms with Gasteiger partial charge >= 0.3 is 5.97 Å². The van der Waals surface area contributed by atoms with E-state index in [2.05, 4.69) is 10.3 Å². The fraction of sp³-hybridized carbons (Fsp3) is 0.208. The van der Waals surface area contributed by atoms with E-state index in [-0.39, 0.29) is 19.1 Å². The van der Waals surface area contributed by atoms with Gasteiger partial charge in [-0.3, -0.25) is 4.79 Å². The maximum Gasteiger partial charge on any atom is 0.338 e. The molecular weight excluding hydrogens is 462 g/mol. The summed E-state index contributed by atoms with van der Waals surface area (Å²) in [6.45, 7) is 3.61. The number of anilines is 1. The van der Waals surface area contributed by atoms with E-state index in [0.717, 1.165) is 10.7 Å². The summed E-state index contributed by atoms with van der Waals surface area (Å²) in [5.41, 5.74) is 2.34. The number of hydrogen-bond acceptors (Lipinski definition) is 7. The van der Waals surface area contributed by atoms with Gasteiger partial charge in [0.25, 0.3) is 5.91 Å². The van der Waals surface area contributed by atoms with Crippen LogP contribution >= 0.6 is 23.4 Å². The number of fused-ring (bicyclic) bond motifs is 1. The van der Waals surface area contributed by atoms with E-state index in [1.165, 1.54) is 11.8 Å². The van der Waals surface area contributed by atoms with Crippen LogP contribution < -0.4 is 10.1 Å². The Bertz CT molecular complexity index is 1180. The lowest BCUT2D eigenvalue weighted by molar-refractivity contribution is -0.139. The van der Waals surface area contributed by atoms with Gasteiger partial charge in [0, 0.05) is 22.5 Å². The lowest BCUT2D eigenvalue weighted by Crippen LogP contribution is -2.34. The molecule has 9 heteroatoms. The fourth-order valence-electron chi connectivity index (χ4n) is 3.62. The van der Waals surface area contributed by atoms with Crippen LogP contribution in [0.25, 0.3) is 0 Å². The van der Waals surface area contributed by atoms with Gasteiger partial charge in [-0.15, -0.1) is 0 Å². The molecule has 0 fully saturated rings.